The molecule has 32 heavy (non-hydrogen) atoms. The monoisotopic (exact) mass is 488 g/mol. The average molecular weight is 489 g/mol. The number of halogens is 1. The predicted molar refractivity (Wildman–Crippen MR) is 127 cm³/mol. The fourth-order valence-electron chi connectivity index (χ4n) is 3.21. The third-order valence-corrected chi connectivity index (χ3v) is 5.39. The van der Waals surface area contributed by atoms with E-state index in [1.165, 1.54) is 0 Å². The van der Waals surface area contributed by atoms with Crippen LogP contribution in [0.3, 0.4) is 0 Å². The molecule has 1 atom stereocenters. The molecule has 0 saturated carbocycles. The molecule has 4 aromatic rings. The summed E-state index contributed by atoms with van der Waals surface area (Å²) in [5.74, 6) is 0.244. The Hall–Kier alpha value is -3.78. The van der Waals surface area contributed by atoms with Gasteiger partial charge in [-0.25, -0.2) is 4.98 Å². The van der Waals surface area contributed by atoms with Gasteiger partial charge in [0.15, 0.2) is 11.6 Å². The van der Waals surface area contributed by atoms with E-state index in [9.17, 15) is 4.79 Å². The van der Waals surface area contributed by atoms with Gasteiger partial charge in [0.05, 0.1) is 12.4 Å². The Bertz CT molecular complexity index is 1210. The molecule has 4 rings (SSSR count). The summed E-state index contributed by atoms with van der Waals surface area (Å²) >= 11 is 3.49. The highest BCUT2D eigenvalue weighted by atomic mass is 79.9. The zero-order chi connectivity index (χ0) is 22.3. The van der Waals surface area contributed by atoms with E-state index in [2.05, 4.69) is 36.4 Å². The number of nitrogens with one attached hydrogen (secondary N) is 1. The molecule has 0 saturated heterocycles. The van der Waals surface area contributed by atoms with E-state index in [-0.39, 0.29) is 24.1 Å². The summed E-state index contributed by atoms with van der Waals surface area (Å²) in [5, 5.41) is 4.30. The largest absolute Gasteiger partial charge is 0.380 e. The molecule has 2 aromatic carbocycles. The van der Waals surface area contributed by atoms with E-state index in [0.29, 0.717) is 11.3 Å². The number of amidine groups is 1. The first-order chi connectivity index (χ1) is 15.6. The molecule has 0 aliphatic heterocycles. The van der Waals surface area contributed by atoms with Crippen molar-refractivity contribution < 1.29 is 4.79 Å². The van der Waals surface area contributed by atoms with Gasteiger partial charge < -0.3 is 15.7 Å². The molecular weight excluding hydrogens is 468 g/mol. The Balaban J connectivity index is 1.54. The van der Waals surface area contributed by atoms with Crippen LogP contribution in [0, 0.1) is 0 Å². The van der Waals surface area contributed by atoms with Crippen LogP contribution < -0.4 is 11.2 Å². The number of pyridine rings is 1. The van der Waals surface area contributed by atoms with Gasteiger partial charge in [-0.1, -0.05) is 34.1 Å². The first-order valence-corrected chi connectivity index (χ1v) is 10.8. The molecule has 0 bridgehead atoms. The van der Waals surface area contributed by atoms with Gasteiger partial charge in [-0.15, -0.1) is 0 Å². The number of carbonyl (C=O) groups excluding carboxylic acids is 1. The lowest BCUT2D eigenvalue weighted by Gasteiger charge is -2.17. The molecule has 3 N–H and O–H groups in total. The van der Waals surface area contributed by atoms with Gasteiger partial charge in [0.1, 0.15) is 5.69 Å². The number of carbonyl (C=O) groups is 1. The van der Waals surface area contributed by atoms with E-state index in [1.807, 2.05) is 71.4 Å². The molecule has 0 aliphatic carbocycles. The number of benzene rings is 2. The number of ketones is 1. The van der Waals surface area contributed by atoms with E-state index in [0.717, 1.165) is 15.7 Å². The molecule has 2 aromatic heterocycles. The summed E-state index contributed by atoms with van der Waals surface area (Å²) in [5.41, 5.74) is 12.2. The highest BCUT2D eigenvalue weighted by molar-refractivity contribution is 9.10. The molecule has 0 aliphatic rings. The second kappa shape index (κ2) is 10.0. The summed E-state index contributed by atoms with van der Waals surface area (Å²) in [7, 11) is 0. The van der Waals surface area contributed by atoms with Crippen molar-refractivity contribution in [3.8, 4) is 5.69 Å². The van der Waals surface area contributed by atoms with Crippen molar-refractivity contribution in [2.75, 3.05) is 0 Å². The third kappa shape index (κ3) is 5.28. The minimum absolute atomic E-state index is 0.00809. The number of imidazole rings is 1. The van der Waals surface area contributed by atoms with Crippen molar-refractivity contribution in [2.24, 2.45) is 10.8 Å². The topological polar surface area (TPSA) is 98.2 Å². The SMILES string of the molecule is N/C(=N/NC(CC(=O)c1ccc(-n2ccnc2)cc1)c1cccc(Br)c1)c1ccccn1. The van der Waals surface area contributed by atoms with Crippen LogP contribution in [0.2, 0.25) is 0 Å². The standard InChI is InChI=1S/C24H21BrN6O/c25-19-5-3-4-18(14-19)22(29-30-24(26)21-6-1-2-11-28-21)15-23(32)17-7-9-20(10-8-17)31-13-12-27-16-31/h1-14,16,22,29H,15H2,(H2,26,30). The fourth-order valence-corrected chi connectivity index (χ4v) is 3.63. The maximum Gasteiger partial charge on any atom is 0.169 e. The Kier molecular flexibility index (Phi) is 6.72. The molecule has 7 nitrogen and oxygen atoms in total. The summed E-state index contributed by atoms with van der Waals surface area (Å²) in [6, 6.07) is 20.3. The Labute approximate surface area is 194 Å². The van der Waals surface area contributed by atoms with Crippen LogP contribution in [-0.4, -0.2) is 26.2 Å². The highest BCUT2D eigenvalue weighted by Gasteiger charge is 2.18. The molecule has 0 amide bonds. The van der Waals surface area contributed by atoms with Crippen molar-refractivity contribution in [1.82, 2.24) is 20.0 Å². The molecule has 0 fully saturated rings. The van der Waals surface area contributed by atoms with Crippen LogP contribution in [0.1, 0.15) is 34.1 Å². The number of nitrogens with two attached hydrogens (primary N) is 1. The van der Waals surface area contributed by atoms with Crippen molar-refractivity contribution >= 4 is 27.5 Å². The van der Waals surface area contributed by atoms with Gasteiger partial charge in [-0.2, -0.15) is 5.10 Å². The van der Waals surface area contributed by atoms with Crippen molar-refractivity contribution in [1.29, 1.82) is 0 Å². The van der Waals surface area contributed by atoms with Gasteiger partial charge in [0, 0.05) is 40.7 Å². The van der Waals surface area contributed by atoms with Crippen LogP contribution in [0.15, 0.2) is 101 Å². The van der Waals surface area contributed by atoms with Gasteiger partial charge in [-0.3, -0.25) is 9.78 Å². The highest BCUT2D eigenvalue weighted by Crippen LogP contribution is 2.23. The lowest BCUT2D eigenvalue weighted by atomic mass is 9.98. The smallest absolute Gasteiger partial charge is 0.169 e. The van der Waals surface area contributed by atoms with Crippen LogP contribution in [-0.2, 0) is 0 Å². The molecule has 1 unspecified atom stereocenters. The molecule has 160 valence electrons. The minimum atomic E-state index is -0.365. The molecule has 0 radical (unpaired) electrons. The second-order valence-electron chi connectivity index (χ2n) is 7.09. The van der Waals surface area contributed by atoms with Crippen molar-refractivity contribution in [3.63, 3.8) is 0 Å². The van der Waals surface area contributed by atoms with Crippen LogP contribution in [0.5, 0.6) is 0 Å². The number of hydrazone groups is 1. The second-order valence-corrected chi connectivity index (χ2v) is 8.01. The fraction of sp³-hybridized carbons (Fsp3) is 0.0833. The lowest BCUT2D eigenvalue weighted by Crippen LogP contribution is -2.25. The van der Waals surface area contributed by atoms with Gasteiger partial charge in [-0.05, 0) is 54.1 Å². The van der Waals surface area contributed by atoms with E-state index in [4.69, 9.17) is 5.73 Å². The minimum Gasteiger partial charge on any atom is -0.380 e. The van der Waals surface area contributed by atoms with Crippen LogP contribution in [0.4, 0.5) is 0 Å². The molecule has 0 spiro atoms. The van der Waals surface area contributed by atoms with Crippen molar-refractivity contribution in [2.45, 2.75) is 12.5 Å². The normalized spacial score (nSPS) is 12.3. The lowest BCUT2D eigenvalue weighted by molar-refractivity contribution is 0.0968. The predicted octanol–water partition coefficient (Wildman–Crippen LogP) is 4.25. The van der Waals surface area contributed by atoms with E-state index >= 15 is 0 Å². The maximum absolute atomic E-state index is 13.1. The first-order valence-electron chi connectivity index (χ1n) is 9.97. The molecular formula is C24H21BrN6O. The van der Waals surface area contributed by atoms with E-state index in [1.54, 1.807) is 24.8 Å². The van der Waals surface area contributed by atoms with Crippen LogP contribution in [0.25, 0.3) is 5.69 Å². The number of nitrogens with zero attached hydrogens (tertiary/aromatic N) is 4. The number of Topliss-reactive ketones (excluding diaryl/α,β-unsaturated/α-hetero) is 1. The van der Waals surface area contributed by atoms with Gasteiger partial charge in [0.25, 0.3) is 0 Å². The number of aromatic nitrogens is 3. The molecule has 8 heteroatoms. The zero-order valence-corrected chi connectivity index (χ0v) is 18.7. The number of hydrogen-bond acceptors (Lipinski definition) is 5. The van der Waals surface area contributed by atoms with Gasteiger partial charge >= 0.3 is 0 Å². The summed E-state index contributed by atoms with van der Waals surface area (Å²) in [6.07, 6.45) is 7.15. The van der Waals surface area contributed by atoms with Crippen molar-refractivity contribution in [3.05, 3.63) is 113 Å². The summed E-state index contributed by atoms with van der Waals surface area (Å²) in [4.78, 5) is 21.3. The third-order valence-electron chi connectivity index (χ3n) is 4.90. The molecule has 2 heterocycles. The quantitative estimate of drug-likeness (QED) is 0.167. The number of rotatable bonds is 8. The summed E-state index contributed by atoms with van der Waals surface area (Å²) < 4.78 is 2.80. The first kappa shape index (κ1) is 21.5. The number of hydrogen-bond donors (Lipinski definition) is 2. The van der Waals surface area contributed by atoms with E-state index < -0.39 is 0 Å². The Morgan fingerprint density at radius 2 is 1.94 bits per heavy atom. The zero-order valence-electron chi connectivity index (χ0n) is 17.1. The van der Waals surface area contributed by atoms with Crippen LogP contribution >= 0.6 is 15.9 Å². The average Bonchev–Trinajstić information content (AvgIpc) is 3.37. The Morgan fingerprint density at radius 3 is 2.62 bits per heavy atom. The summed E-state index contributed by atoms with van der Waals surface area (Å²) in [6.45, 7) is 0. The Morgan fingerprint density at radius 1 is 1.09 bits per heavy atom. The maximum atomic E-state index is 13.1. The van der Waals surface area contributed by atoms with Gasteiger partial charge in [0.2, 0.25) is 0 Å².